The fourth-order valence-electron chi connectivity index (χ4n) is 2.92. The minimum Gasteiger partial charge on any atom is -0.383 e. The van der Waals surface area contributed by atoms with Crippen LogP contribution in [0, 0.1) is 0 Å². The highest BCUT2D eigenvalue weighted by Gasteiger charge is 2.32. The molecule has 0 saturated heterocycles. The molecule has 0 unspecified atom stereocenters. The molecule has 1 aromatic carbocycles. The second-order valence-electron chi connectivity index (χ2n) is 6.59. The van der Waals surface area contributed by atoms with Crippen molar-refractivity contribution in [2.24, 2.45) is 0 Å². The largest absolute Gasteiger partial charge is 0.383 e. The predicted molar refractivity (Wildman–Crippen MR) is 91.7 cm³/mol. The van der Waals surface area contributed by atoms with Crippen LogP contribution in [0.2, 0.25) is 0 Å². The number of para-hydroxylation sites is 2. The van der Waals surface area contributed by atoms with E-state index >= 15 is 0 Å². The maximum Gasteiger partial charge on any atom is 0.263 e. The number of amides is 1. The monoisotopic (exact) mass is 311 g/mol. The van der Waals surface area contributed by atoms with E-state index in [2.05, 4.69) is 35.6 Å². The fraction of sp³-hybridized carbons (Fsp3) is 0.353. The Kier molecular flexibility index (Phi) is 3.67. The quantitative estimate of drug-likeness (QED) is 0.875. The fourth-order valence-corrected chi connectivity index (χ4v) is 2.92. The van der Waals surface area contributed by atoms with Crippen LogP contribution in [0.5, 0.6) is 0 Å². The molecule has 1 aliphatic rings. The summed E-state index contributed by atoms with van der Waals surface area (Å²) in [5.74, 6) is 0.0461. The van der Waals surface area contributed by atoms with Gasteiger partial charge in [-0.1, -0.05) is 12.1 Å². The van der Waals surface area contributed by atoms with Gasteiger partial charge in [0.25, 0.3) is 5.91 Å². The summed E-state index contributed by atoms with van der Waals surface area (Å²) in [6.07, 6.45) is 2.82. The first kappa shape index (κ1) is 15.3. The van der Waals surface area contributed by atoms with Crippen LogP contribution < -0.4 is 15.5 Å². The highest BCUT2D eigenvalue weighted by atomic mass is 16.2. The maximum absolute atomic E-state index is 12.9. The van der Waals surface area contributed by atoms with Gasteiger partial charge in [0, 0.05) is 24.8 Å². The van der Waals surface area contributed by atoms with Crippen LogP contribution in [0.15, 0.2) is 36.8 Å². The zero-order valence-corrected chi connectivity index (χ0v) is 13.7. The molecule has 0 fully saturated rings. The number of hydrogen-bond donors (Lipinski definition) is 1. The number of nitrogen functional groups attached to an aromatic ring is 1. The Bertz CT molecular complexity index is 738. The van der Waals surface area contributed by atoms with E-state index in [-0.39, 0.29) is 17.3 Å². The van der Waals surface area contributed by atoms with E-state index in [1.807, 2.05) is 24.3 Å². The Morgan fingerprint density at radius 2 is 1.87 bits per heavy atom. The van der Waals surface area contributed by atoms with Gasteiger partial charge in [-0.3, -0.25) is 4.79 Å². The first-order valence-corrected chi connectivity index (χ1v) is 7.63. The van der Waals surface area contributed by atoms with Gasteiger partial charge in [0.05, 0.1) is 11.4 Å². The third kappa shape index (κ3) is 2.72. The van der Waals surface area contributed by atoms with Crippen LogP contribution in [-0.4, -0.2) is 34.5 Å². The molecule has 0 saturated carbocycles. The van der Waals surface area contributed by atoms with Gasteiger partial charge in [0.15, 0.2) is 0 Å². The third-order valence-electron chi connectivity index (χ3n) is 4.04. The van der Waals surface area contributed by atoms with Gasteiger partial charge in [-0.05, 0) is 32.9 Å². The Morgan fingerprint density at radius 1 is 1.17 bits per heavy atom. The molecular weight excluding hydrogens is 290 g/mol. The van der Waals surface area contributed by atoms with Crippen molar-refractivity contribution < 1.29 is 4.79 Å². The second kappa shape index (κ2) is 5.53. The van der Waals surface area contributed by atoms with E-state index in [4.69, 9.17) is 5.73 Å². The average Bonchev–Trinajstić information content (AvgIpc) is 2.52. The molecule has 1 amide bonds. The van der Waals surface area contributed by atoms with Gasteiger partial charge in [-0.25, -0.2) is 9.97 Å². The van der Waals surface area contributed by atoms with Crippen LogP contribution in [0.3, 0.4) is 0 Å². The molecule has 23 heavy (non-hydrogen) atoms. The maximum atomic E-state index is 12.9. The number of carbonyl (C=O) groups is 1. The lowest BCUT2D eigenvalue weighted by molar-refractivity contribution is 0.0986. The number of anilines is 3. The topological polar surface area (TPSA) is 75.3 Å². The molecular formula is C17H21N5O. The number of nitrogens with zero attached hydrogens (tertiary/aromatic N) is 4. The molecule has 2 N–H and O–H groups in total. The van der Waals surface area contributed by atoms with Gasteiger partial charge in [-0.15, -0.1) is 0 Å². The summed E-state index contributed by atoms with van der Waals surface area (Å²) < 4.78 is 0. The van der Waals surface area contributed by atoms with Crippen LogP contribution in [0.1, 0.15) is 31.1 Å². The number of rotatable bonds is 1. The highest BCUT2D eigenvalue weighted by molar-refractivity contribution is 6.10. The van der Waals surface area contributed by atoms with Crippen molar-refractivity contribution in [2.45, 2.75) is 26.3 Å². The first-order chi connectivity index (χ1) is 10.9. The Labute approximate surface area is 135 Å². The average molecular weight is 311 g/mol. The van der Waals surface area contributed by atoms with E-state index in [9.17, 15) is 4.79 Å². The lowest BCUT2D eigenvalue weighted by Crippen LogP contribution is -2.51. The smallest absolute Gasteiger partial charge is 0.263 e. The van der Waals surface area contributed by atoms with Crippen molar-refractivity contribution in [1.82, 2.24) is 9.97 Å². The molecule has 0 atom stereocenters. The Balaban J connectivity index is 2.02. The van der Waals surface area contributed by atoms with Gasteiger partial charge in [-0.2, -0.15) is 0 Å². The van der Waals surface area contributed by atoms with Crippen molar-refractivity contribution in [2.75, 3.05) is 28.6 Å². The summed E-state index contributed by atoms with van der Waals surface area (Å²) in [6.45, 7) is 7.88. The molecule has 0 bridgehead atoms. The van der Waals surface area contributed by atoms with E-state index < -0.39 is 0 Å². The molecule has 0 radical (unpaired) electrons. The second-order valence-corrected chi connectivity index (χ2v) is 6.59. The Morgan fingerprint density at radius 3 is 2.52 bits per heavy atom. The summed E-state index contributed by atoms with van der Waals surface area (Å²) >= 11 is 0. The lowest BCUT2D eigenvalue weighted by Gasteiger charge is -2.44. The summed E-state index contributed by atoms with van der Waals surface area (Å²) in [7, 11) is 0. The summed E-state index contributed by atoms with van der Waals surface area (Å²) in [5, 5.41) is 0. The van der Waals surface area contributed by atoms with Crippen LogP contribution >= 0.6 is 0 Å². The minimum absolute atomic E-state index is 0.0138. The molecule has 1 aromatic heterocycles. The van der Waals surface area contributed by atoms with Crippen molar-refractivity contribution in [3.05, 3.63) is 42.4 Å². The number of nitrogens with two attached hydrogens (primary N) is 1. The summed E-state index contributed by atoms with van der Waals surface area (Å²) in [5.41, 5.74) is 8.10. The van der Waals surface area contributed by atoms with Gasteiger partial charge in [0.1, 0.15) is 17.7 Å². The zero-order chi connectivity index (χ0) is 16.6. The first-order valence-electron chi connectivity index (χ1n) is 7.63. The number of carbonyl (C=O) groups excluding carboxylic acids is 1. The van der Waals surface area contributed by atoms with Crippen LogP contribution in [0.4, 0.5) is 17.2 Å². The zero-order valence-electron chi connectivity index (χ0n) is 13.7. The number of aromatic nitrogens is 2. The molecule has 120 valence electrons. The van der Waals surface area contributed by atoms with Crippen molar-refractivity contribution in [3.8, 4) is 0 Å². The van der Waals surface area contributed by atoms with Crippen molar-refractivity contribution in [1.29, 1.82) is 0 Å². The standard InChI is InChI=1S/C17H21N5O/c1-17(2,3)22-9-8-21(13-6-4-5-7-14(13)22)16(23)12-10-19-11-20-15(12)18/h4-7,10-11H,8-9H2,1-3H3,(H2,18,19,20). The summed E-state index contributed by atoms with van der Waals surface area (Å²) in [4.78, 5) is 24.8. The van der Waals surface area contributed by atoms with Crippen LogP contribution in [-0.2, 0) is 0 Å². The van der Waals surface area contributed by atoms with E-state index in [0.29, 0.717) is 12.1 Å². The van der Waals surface area contributed by atoms with Gasteiger partial charge in [0.2, 0.25) is 0 Å². The van der Waals surface area contributed by atoms with E-state index in [0.717, 1.165) is 17.9 Å². The summed E-state index contributed by atoms with van der Waals surface area (Å²) in [6, 6.07) is 7.94. The van der Waals surface area contributed by atoms with E-state index in [1.165, 1.54) is 12.5 Å². The third-order valence-corrected chi connectivity index (χ3v) is 4.04. The SMILES string of the molecule is CC(C)(C)N1CCN(C(=O)c2cncnc2N)c2ccccc21. The molecule has 6 heteroatoms. The predicted octanol–water partition coefficient (Wildman–Crippen LogP) is 2.32. The van der Waals surface area contributed by atoms with E-state index in [1.54, 1.807) is 4.90 Å². The molecule has 0 spiro atoms. The minimum atomic E-state index is -0.163. The highest BCUT2D eigenvalue weighted by Crippen LogP contribution is 2.37. The van der Waals surface area contributed by atoms with Crippen molar-refractivity contribution >= 4 is 23.1 Å². The van der Waals surface area contributed by atoms with Crippen LogP contribution in [0.25, 0.3) is 0 Å². The molecule has 2 aromatic rings. The molecule has 3 rings (SSSR count). The number of fused-ring (bicyclic) bond motifs is 1. The van der Waals surface area contributed by atoms with Gasteiger partial charge < -0.3 is 15.5 Å². The normalized spacial score (nSPS) is 14.6. The molecule has 2 heterocycles. The molecule has 0 aliphatic carbocycles. The Hall–Kier alpha value is -2.63. The number of benzene rings is 1. The van der Waals surface area contributed by atoms with Gasteiger partial charge >= 0.3 is 0 Å². The van der Waals surface area contributed by atoms with Crippen molar-refractivity contribution in [3.63, 3.8) is 0 Å². The molecule has 1 aliphatic heterocycles. The lowest BCUT2D eigenvalue weighted by atomic mass is 10.0. The molecule has 6 nitrogen and oxygen atoms in total. The number of hydrogen-bond acceptors (Lipinski definition) is 5.